The van der Waals surface area contributed by atoms with Crippen LogP contribution in [0.15, 0.2) is 22.7 Å². The molecule has 22 heavy (non-hydrogen) atoms. The van der Waals surface area contributed by atoms with Gasteiger partial charge in [-0.3, -0.25) is 0 Å². The van der Waals surface area contributed by atoms with E-state index in [2.05, 4.69) is 15.9 Å². The van der Waals surface area contributed by atoms with E-state index in [4.69, 9.17) is 9.47 Å². The van der Waals surface area contributed by atoms with E-state index in [0.717, 1.165) is 10.0 Å². The Morgan fingerprint density at radius 1 is 1.45 bits per heavy atom. The SMILES string of the molecule is CC(C)(C)OC(=O)N1CC2(C[C@H](O)c3ccc(Br)cc3O2)C1. The Hall–Kier alpha value is -1.27. The Kier molecular flexibility index (Phi) is 3.64. The Balaban J connectivity index is 1.70. The summed E-state index contributed by atoms with van der Waals surface area (Å²) in [6, 6.07) is 5.61. The molecule has 1 amide bonds. The first-order valence-electron chi connectivity index (χ1n) is 7.32. The van der Waals surface area contributed by atoms with E-state index >= 15 is 0 Å². The Morgan fingerprint density at radius 3 is 2.77 bits per heavy atom. The number of carbonyl (C=O) groups is 1. The van der Waals surface area contributed by atoms with Gasteiger partial charge in [0.2, 0.25) is 0 Å². The number of aliphatic hydroxyl groups excluding tert-OH is 1. The highest BCUT2D eigenvalue weighted by Gasteiger charge is 2.52. The number of hydrogen-bond donors (Lipinski definition) is 1. The Labute approximate surface area is 138 Å². The van der Waals surface area contributed by atoms with Crippen molar-refractivity contribution >= 4 is 22.0 Å². The zero-order valence-electron chi connectivity index (χ0n) is 12.9. The van der Waals surface area contributed by atoms with E-state index in [0.29, 0.717) is 25.3 Å². The number of amides is 1. The third-order valence-electron chi connectivity index (χ3n) is 3.84. The van der Waals surface area contributed by atoms with Crippen molar-refractivity contribution in [2.24, 2.45) is 0 Å². The minimum Gasteiger partial charge on any atom is -0.483 e. The molecule has 1 spiro atoms. The molecule has 5 nitrogen and oxygen atoms in total. The molecule has 1 fully saturated rings. The zero-order valence-corrected chi connectivity index (χ0v) is 14.5. The number of rotatable bonds is 0. The van der Waals surface area contributed by atoms with E-state index in [9.17, 15) is 9.90 Å². The zero-order chi connectivity index (χ0) is 16.1. The van der Waals surface area contributed by atoms with Gasteiger partial charge < -0.3 is 19.5 Å². The van der Waals surface area contributed by atoms with Crippen LogP contribution in [0.3, 0.4) is 0 Å². The Morgan fingerprint density at radius 2 is 2.14 bits per heavy atom. The molecule has 120 valence electrons. The second kappa shape index (κ2) is 5.13. The van der Waals surface area contributed by atoms with Gasteiger partial charge in [-0.15, -0.1) is 0 Å². The highest BCUT2D eigenvalue weighted by Crippen LogP contribution is 2.44. The highest BCUT2D eigenvalue weighted by atomic mass is 79.9. The maximum atomic E-state index is 12.0. The number of aliphatic hydroxyl groups is 1. The maximum Gasteiger partial charge on any atom is 0.410 e. The molecule has 1 atom stereocenters. The number of hydrogen-bond acceptors (Lipinski definition) is 4. The van der Waals surface area contributed by atoms with E-state index in [1.54, 1.807) is 4.90 Å². The van der Waals surface area contributed by atoms with E-state index in [-0.39, 0.29) is 6.09 Å². The maximum absolute atomic E-state index is 12.0. The highest BCUT2D eigenvalue weighted by molar-refractivity contribution is 9.10. The lowest BCUT2D eigenvalue weighted by Crippen LogP contribution is -2.68. The third kappa shape index (κ3) is 2.94. The van der Waals surface area contributed by atoms with Gasteiger partial charge in [-0.1, -0.05) is 22.0 Å². The van der Waals surface area contributed by atoms with E-state index in [1.807, 2.05) is 39.0 Å². The lowest BCUT2D eigenvalue weighted by Gasteiger charge is -2.52. The fourth-order valence-corrected chi connectivity index (χ4v) is 3.25. The molecule has 1 aromatic carbocycles. The molecule has 6 heteroatoms. The van der Waals surface area contributed by atoms with Gasteiger partial charge in [-0.05, 0) is 32.9 Å². The second-order valence-corrected chi connectivity index (χ2v) is 7.94. The molecular formula is C16H20BrNO4. The van der Waals surface area contributed by atoms with Crippen molar-refractivity contribution < 1.29 is 19.4 Å². The number of halogens is 1. The molecule has 0 aliphatic carbocycles. The van der Waals surface area contributed by atoms with Crippen LogP contribution in [0.1, 0.15) is 38.9 Å². The molecule has 1 saturated heterocycles. The summed E-state index contributed by atoms with van der Waals surface area (Å²) < 4.78 is 12.3. The van der Waals surface area contributed by atoms with Gasteiger partial charge in [0.05, 0.1) is 19.2 Å². The molecule has 0 unspecified atom stereocenters. The molecule has 0 aromatic heterocycles. The van der Waals surface area contributed by atoms with Gasteiger partial charge in [-0.2, -0.15) is 0 Å². The molecular weight excluding hydrogens is 350 g/mol. The smallest absolute Gasteiger partial charge is 0.410 e. The molecule has 1 aromatic rings. The first-order valence-corrected chi connectivity index (χ1v) is 8.11. The number of likely N-dealkylation sites (tertiary alicyclic amines) is 1. The van der Waals surface area contributed by atoms with Gasteiger partial charge >= 0.3 is 6.09 Å². The van der Waals surface area contributed by atoms with Gasteiger partial charge in [0.25, 0.3) is 0 Å². The van der Waals surface area contributed by atoms with Gasteiger partial charge in [0, 0.05) is 16.5 Å². The molecule has 1 N–H and O–H groups in total. The quantitative estimate of drug-likeness (QED) is 0.762. The molecule has 2 heterocycles. The van der Waals surface area contributed by atoms with Crippen molar-refractivity contribution in [3.63, 3.8) is 0 Å². The monoisotopic (exact) mass is 369 g/mol. The number of ether oxygens (including phenoxy) is 2. The molecule has 0 radical (unpaired) electrons. The fraction of sp³-hybridized carbons (Fsp3) is 0.562. The number of carbonyl (C=O) groups excluding carboxylic acids is 1. The number of benzene rings is 1. The second-order valence-electron chi connectivity index (χ2n) is 7.02. The molecule has 0 bridgehead atoms. The van der Waals surface area contributed by atoms with Crippen LogP contribution >= 0.6 is 15.9 Å². The number of fused-ring (bicyclic) bond motifs is 1. The first kappa shape index (κ1) is 15.6. The van der Waals surface area contributed by atoms with Crippen LogP contribution in [-0.2, 0) is 4.74 Å². The van der Waals surface area contributed by atoms with E-state index in [1.165, 1.54) is 0 Å². The van der Waals surface area contributed by atoms with Crippen molar-refractivity contribution in [3.05, 3.63) is 28.2 Å². The molecule has 3 rings (SSSR count). The average Bonchev–Trinajstić information content (AvgIpc) is 2.32. The third-order valence-corrected chi connectivity index (χ3v) is 4.33. The summed E-state index contributed by atoms with van der Waals surface area (Å²) in [4.78, 5) is 13.6. The Bertz CT molecular complexity index is 605. The predicted molar refractivity (Wildman–Crippen MR) is 84.9 cm³/mol. The lowest BCUT2D eigenvalue weighted by molar-refractivity contribution is -0.114. The van der Waals surface area contributed by atoms with Crippen molar-refractivity contribution in [1.29, 1.82) is 0 Å². The van der Waals surface area contributed by atoms with Crippen LogP contribution in [-0.4, -0.2) is 40.4 Å². The minimum absolute atomic E-state index is 0.337. The summed E-state index contributed by atoms with van der Waals surface area (Å²) in [5, 5.41) is 10.3. The molecule has 0 saturated carbocycles. The lowest BCUT2D eigenvalue weighted by atomic mass is 9.83. The first-order chi connectivity index (χ1) is 10.2. The summed E-state index contributed by atoms with van der Waals surface area (Å²) >= 11 is 3.41. The summed E-state index contributed by atoms with van der Waals surface area (Å²) in [6.45, 7) is 6.40. The summed E-state index contributed by atoms with van der Waals surface area (Å²) in [7, 11) is 0. The summed E-state index contributed by atoms with van der Waals surface area (Å²) in [5.74, 6) is 0.678. The molecule has 2 aliphatic rings. The largest absolute Gasteiger partial charge is 0.483 e. The van der Waals surface area contributed by atoms with Gasteiger partial charge in [-0.25, -0.2) is 4.79 Å². The van der Waals surface area contributed by atoms with Crippen molar-refractivity contribution in [3.8, 4) is 5.75 Å². The average molecular weight is 370 g/mol. The van der Waals surface area contributed by atoms with Gasteiger partial charge in [0.15, 0.2) is 0 Å². The van der Waals surface area contributed by atoms with Crippen molar-refractivity contribution in [2.75, 3.05) is 13.1 Å². The summed E-state index contributed by atoms with van der Waals surface area (Å²) in [5.41, 5.74) is -0.224. The normalized spacial score (nSPS) is 22.6. The molecule has 2 aliphatic heterocycles. The van der Waals surface area contributed by atoms with Crippen molar-refractivity contribution in [2.45, 2.75) is 44.5 Å². The van der Waals surface area contributed by atoms with Crippen LogP contribution in [0, 0.1) is 0 Å². The number of nitrogens with zero attached hydrogens (tertiary/aromatic N) is 1. The van der Waals surface area contributed by atoms with Crippen LogP contribution in [0.5, 0.6) is 5.75 Å². The van der Waals surface area contributed by atoms with Crippen LogP contribution in [0.2, 0.25) is 0 Å². The topological polar surface area (TPSA) is 59.0 Å². The van der Waals surface area contributed by atoms with Gasteiger partial charge in [0.1, 0.15) is 17.0 Å². The standard InChI is InChI=1S/C16H20BrNO4/c1-15(2,3)22-14(20)18-8-16(9-18)7-12(19)11-5-4-10(17)6-13(11)21-16/h4-6,12,19H,7-9H2,1-3H3/t12-/m0/s1. The van der Waals surface area contributed by atoms with Crippen molar-refractivity contribution in [1.82, 2.24) is 4.90 Å². The minimum atomic E-state index is -0.572. The van der Waals surface area contributed by atoms with Crippen LogP contribution in [0.25, 0.3) is 0 Å². The van der Waals surface area contributed by atoms with Crippen LogP contribution in [0.4, 0.5) is 4.79 Å². The summed E-state index contributed by atoms with van der Waals surface area (Å²) in [6.07, 6.45) is -0.421. The van der Waals surface area contributed by atoms with E-state index < -0.39 is 17.3 Å². The predicted octanol–water partition coefficient (Wildman–Crippen LogP) is 3.25. The fourth-order valence-electron chi connectivity index (χ4n) is 2.91. The van der Waals surface area contributed by atoms with Crippen LogP contribution < -0.4 is 4.74 Å².